The standard InChI is InChI=1S/C34H39N5O6/c1-19(2)39-27-10-8-7-9-25(27)38-30(39)17-36-31(42)18-35-26-14-12-22-23(16-28(26)41)24(37-20(3)40)13-11-21-15-29(43-4)33(44-5)34(45-6)32(21)22/h7-10,12,14-16,19,24H,11,13,17-18H2,1-6H3,(H,35,41)(H,36,42)(H,37,40). The van der Waals surface area contributed by atoms with Crippen LogP contribution in [0.15, 0.2) is 53.3 Å². The molecule has 4 aromatic rings. The van der Waals surface area contributed by atoms with Crippen molar-refractivity contribution in [2.75, 3.05) is 33.2 Å². The normalized spacial score (nSPS) is 13.8. The van der Waals surface area contributed by atoms with E-state index < -0.39 is 6.04 Å². The number of aromatic nitrogens is 2. The van der Waals surface area contributed by atoms with Crippen molar-refractivity contribution in [3.63, 3.8) is 0 Å². The maximum atomic E-state index is 13.5. The molecule has 1 atom stereocenters. The van der Waals surface area contributed by atoms with E-state index in [1.54, 1.807) is 20.3 Å². The lowest BCUT2D eigenvalue weighted by Crippen LogP contribution is -2.31. The van der Waals surface area contributed by atoms with E-state index in [4.69, 9.17) is 19.2 Å². The van der Waals surface area contributed by atoms with E-state index in [9.17, 15) is 14.4 Å². The molecule has 1 heterocycles. The molecule has 1 unspecified atom stereocenters. The number of amides is 2. The van der Waals surface area contributed by atoms with Crippen LogP contribution in [-0.2, 0) is 22.6 Å². The van der Waals surface area contributed by atoms with Gasteiger partial charge in [-0.25, -0.2) is 4.98 Å². The summed E-state index contributed by atoms with van der Waals surface area (Å²) in [6, 6.07) is 14.5. The van der Waals surface area contributed by atoms with E-state index in [1.165, 1.54) is 20.1 Å². The van der Waals surface area contributed by atoms with Crippen LogP contribution in [0.1, 0.15) is 56.2 Å². The molecule has 0 spiro atoms. The number of rotatable bonds is 10. The summed E-state index contributed by atoms with van der Waals surface area (Å²) in [7, 11) is 4.65. The van der Waals surface area contributed by atoms with Gasteiger partial charge >= 0.3 is 0 Å². The molecule has 2 amide bonds. The Morgan fingerprint density at radius 2 is 1.78 bits per heavy atom. The van der Waals surface area contributed by atoms with Crippen molar-refractivity contribution < 1.29 is 23.8 Å². The van der Waals surface area contributed by atoms with Crippen LogP contribution in [0.3, 0.4) is 0 Å². The van der Waals surface area contributed by atoms with Gasteiger partial charge in [0.2, 0.25) is 23.0 Å². The predicted octanol–water partition coefficient (Wildman–Crippen LogP) is 4.52. The molecule has 0 fully saturated rings. The minimum Gasteiger partial charge on any atom is -0.493 e. The quantitative estimate of drug-likeness (QED) is 0.238. The van der Waals surface area contributed by atoms with Crippen LogP contribution in [0.5, 0.6) is 17.2 Å². The molecule has 236 valence electrons. The van der Waals surface area contributed by atoms with Gasteiger partial charge in [0.25, 0.3) is 0 Å². The molecular weight excluding hydrogens is 574 g/mol. The van der Waals surface area contributed by atoms with Crippen molar-refractivity contribution in [1.29, 1.82) is 0 Å². The molecule has 3 aromatic carbocycles. The largest absolute Gasteiger partial charge is 0.493 e. The summed E-state index contributed by atoms with van der Waals surface area (Å²) in [5.74, 6) is 1.68. The number of hydrogen-bond acceptors (Lipinski definition) is 8. The van der Waals surface area contributed by atoms with Gasteiger partial charge in [-0.15, -0.1) is 0 Å². The molecule has 11 nitrogen and oxygen atoms in total. The number of anilines is 1. The Balaban J connectivity index is 1.45. The molecule has 45 heavy (non-hydrogen) atoms. The third-order valence-electron chi connectivity index (χ3n) is 7.98. The molecule has 11 heteroatoms. The molecule has 0 bridgehead atoms. The van der Waals surface area contributed by atoms with Gasteiger partial charge in [-0.1, -0.05) is 18.2 Å². The molecular formula is C34H39N5O6. The van der Waals surface area contributed by atoms with E-state index >= 15 is 0 Å². The van der Waals surface area contributed by atoms with E-state index in [2.05, 4.69) is 34.4 Å². The molecule has 1 aliphatic rings. The first-order chi connectivity index (χ1) is 21.7. The van der Waals surface area contributed by atoms with Crippen LogP contribution in [0.2, 0.25) is 0 Å². The Morgan fingerprint density at radius 1 is 1.02 bits per heavy atom. The number of aryl methyl sites for hydroxylation is 1. The summed E-state index contributed by atoms with van der Waals surface area (Å²) in [6.45, 7) is 5.73. The summed E-state index contributed by atoms with van der Waals surface area (Å²) < 4.78 is 19.2. The molecule has 5 rings (SSSR count). The number of methoxy groups -OCH3 is 3. The first-order valence-electron chi connectivity index (χ1n) is 14.9. The molecule has 0 saturated heterocycles. The molecule has 3 N–H and O–H groups in total. The van der Waals surface area contributed by atoms with Crippen LogP contribution < -0.4 is 35.6 Å². The van der Waals surface area contributed by atoms with E-state index in [0.717, 1.165) is 28.0 Å². The summed E-state index contributed by atoms with van der Waals surface area (Å²) >= 11 is 0. The third-order valence-corrected chi connectivity index (χ3v) is 7.98. The van der Waals surface area contributed by atoms with Crippen LogP contribution >= 0.6 is 0 Å². The zero-order valence-corrected chi connectivity index (χ0v) is 26.4. The van der Waals surface area contributed by atoms with Gasteiger partial charge < -0.3 is 34.7 Å². The highest BCUT2D eigenvalue weighted by atomic mass is 16.5. The number of carbonyl (C=O) groups excluding carboxylic acids is 2. The first-order valence-corrected chi connectivity index (χ1v) is 14.9. The molecule has 1 aromatic heterocycles. The Hall–Kier alpha value is -5.06. The van der Waals surface area contributed by atoms with E-state index in [1.807, 2.05) is 36.4 Å². The monoisotopic (exact) mass is 613 g/mol. The number of ether oxygens (including phenoxy) is 3. The molecule has 0 aliphatic heterocycles. The third kappa shape index (κ3) is 6.29. The number of nitrogens with zero attached hydrogens (tertiary/aromatic N) is 2. The van der Waals surface area contributed by atoms with Crippen molar-refractivity contribution in [3.8, 4) is 28.4 Å². The SMILES string of the molecule is COc1cc2c(c(OC)c1OC)-c1ccc(NCC(=O)NCc3nc4ccccc4n3C(C)C)c(=O)cc1C(NC(C)=O)CC2. The van der Waals surface area contributed by atoms with Gasteiger partial charge in [0.1, 0.15) is 5.82 Å². The van der Waals surface area contributed by atoms with Gasteiger partial charge in [-0.3, -0.25) is 14.4 Å². The van der Waals surface area contributed by atoms with Gasteiger partial charge in [0.05, 0.1) is 57.2 Å². The zero-order valence-electron chi connectivity index (χ0n) is 26.4. The maximum Gasteiger partial charge on any atom is 0.239 e. The summed E-state index contributed by atoms with van der Waals surface area (Å²) in [6.07, 6.45) is 1.15. The second-order valence-corrected chi connectivity index (χ2v) is 11.2. The Kier molecular flexibility index (Phi) is 9.26. The lowest BCUT2D eigenvalue weighted by atomic mass is 9.95. The van der Waals surface area contributed by atoms with E-state index in [-0.39, 0.29) is 42.1 Å². The Labute approximate surface area is 261 Å². The average Bonchev–Trinajstić information content (AvgIpc) is 3.24. The topological polar surface area (TPSA) is 133 Å². The van der Waals surface area contributed by atoms with Crippen LogP contribution in [-0.4, -0.2) is 49.2 Å². The van der Waals surface area contributed by atoms with Crippen molar-refractivity contribution in [3.05, 3.63) is 75.7 Å². The maximum absolute atomic E-state index is 13.5. The Morgan fingerprint density at radius 3 is 2.47 bits per heavy atom. The molecule has 1 aliphatic carbocycles. The second kappa shape index (κ2) is 13.3. The zero-order chi connectivity index (χ0) is 32.2. The van der Waals surface area contributed by atoms with Gasteiger partial charge in [0.15, 0.2) is 11.5 Å². The van der Waals surface area contributed by atoms with Crippen molar-refractivity contribution >= 4 is 28.5 Å². The summed E-state index contributed by atoms with van der Waals surface area (Å²) in [4.78, 5) is 43.4. The number of para-hydroxylation sites is 2. The fraction of sp³-hybridized carbons (Fsp3) is 0.353. The fourth-order valence-electron chi connectivity index (χ4n) is 6.06. The lowest BCUT2D eigenvalue weighted by Gasteiger charge is -2.19. The number of fused-ring (bicyclic) bond motifs is 4. The van der Waals surface area contributed by atoms with Gasteiger partial charge in [-0.2, -0.15) is 0 Å². The van der Waals surface area contributed by atoms with Gasteiger partial charge in [-0.05, 0) is 73.7 Å². The summed E-state index contributed by atoms with van der Waals surface area (Å²) in [5, 5.41) is 8.92. The highest BCUT2D eigenvalue weighted by Crippen LogP contribution is 2.50. The predicted molar refractivity (Wildman–Crippen MR) is 173 cm³/mol. The highest BCUT2D eigenvalue weighted by molar-refractivity contribution is 5.84. The number of nitrogens with one attached hydrogen (secondary N) is 3. The van der Waals surface area contributed by atoms with Crippen LogP contribution in [0.4, 0.5) is 5.69 Å². The highest BCUT2D eigenvalue weighted by Gasteiger charge is 2.29. The Bertz CT molecular complexity index is 1820. The second-order valence-electron chi connectivity index (χ2n) is 11.2. The van der Waals surface area contributed by atoms with Crippen LogP contribution in [0, 0.1) is 0 Å². The number of hydrogen-bond donors (Lipinski definition) is 3. The first kappa shape index (κ1) is 31.4. The number of carbonyl (C=O) groups is 2. The molecule has 0 saturated carbocycles. The average molecular weight is 614 g/mol. The van der Waals surface area contributed by atoms with Crippen molar-refractivity contribution in [2.45, 2.75) is 52.2 Å². The van der Waals surface area contributed by atoms with Crippen LogP contribution in [0.25, 0.3) is 22.2 Å². The lowest BCUT2D eigenvalue weighted by molar-refractivity contribution is -0.120. The minimum absolute atomic E-state index is 0.119. The van der Waals surface area contributed by atoms with Gasteiger partial charge in [0, 0.05) is 18.5 Å². The number of benzene rings is 2. The number of imidazole rings is 1. The van der Waals surface area contributed by atoms with Crippen molar-refractivity contribution in [2.24, 2.45) is 0 Å². The fourth-order valence-corrected chi connectivity index (χ4v) is 6.06. The van der Waals surface area contributed by atoms with E-state index in [0.29, 0.717) is 41.2 Å². The molecule has 0 radical (unpaired) electrons. The smallest absolute Gasteiger partial charge is 0.239 e. The summed E-state index contributed by atoms with van der Waals surface area (Å²) in [5.41, 5.74) is 4.84. The van der Waals surface area contributed by atoms with Crippen molar-refractivity contribution in [1.82, 2.24) is 20.2 Å². The minimum atomic E-state index is -0.428.